The molecule has 3 aliphatic rings. The predicted octanol–water partition coefficient (Wildman–Crippen LogP) is 0.640. The summed E-state index contributed by atoms with van der Waals surface area (Å²) in [6.45, 7) is 3.07. The Labute approximate surface area is 156 Å². The molecule has 4 rings (SSSR count). The Bertz CT molecular complexity index is 837. The molecule has 1 unspecified atom stereocenters. The molecule has 1 aromatic rings. The molecule has 8 nitrogen and oxygen atoms in total. The summed E-state index contributed by atoms with van der Waals surface area (Å²) in [4.78, 5) is 50.0. The normalized spacial score (nSPS) is 27.7. The molecule has 3 atom stereocenters. The summed E-state index contributed by atoms with van der Waals surface area (Å²) < 4.78 is 0. The van der Waals surface area contributed by atoms with Gasteiger partial charge in [0.1, 0.15) is 6.04 Å². The minimum atomic E-state index is -0.935. The van der Waals surface area contributed by atoms with Crippen molar-refractivity contribution in [1.82, 2.24) is 15.5 Å². The molecule has 0 aromatic heterocycles. The molecule has 3 heterocycles. The molecule has 3 aliphatic heterocycles. The second kappa shape index (κ2) is 6.77. The number of benzene rings is 1. The number of carbonyl (C=O) groups is 4. The molecule has 27 heavy (non-hydrogen) atoms. The molecular weight excluding hydrogens is 348 g/mol. The number of carbonyl (C=O) groups excluding carboxylic acids is 4. The monoisotopic (exact) mass is 370 g/mol. The van der Waals surface area contributed by atoms with Gasteiger partial charge in [-0.05, 0) is 44.0 Å². The quantitative estimate of drug-likeness (QED) is 0.672. The molecule has 0 radical (unpaired) electrons. The lowest BCUT2D eigenvalue weighted by atomic mass is 10.0. The summed E-state index contributed by atoms with van der Waals surface area (Å²) in [6.07, 6.45) is 2.27. The zero-order valence-corrected chi connectivity index (χ0v) is 15.1. The first-order valence-corrected chi connectivity index (χ1v) is 9.35. The highest BCUT2D eigenvalue weighted by Gasteiger charge is 2.44. The number of fused-ring (bicyclic) bond motifs is 1. The zero-order chi connectivity index (χ0) is 19.1. The van der Waals surface area contributed by atoms with E-state index in [0.717, 1.165) is 30.0 Å². The molecule has 8 heteroatoms. The van der Waals surface area contributed by atoms with Crippen LogP contribution in [0.2, 0.25) is 0 Å². The lowest BCUT2D eigenvalue weighted by Crippen LogP contribution is -2.54. The van der Waals surface area contributed by atoms with Crippen LogP contribution in [0.25, 0.3) is 0 Å². The molecule has 0 aliphatic carbocycles. The van der Waals surface area contributed by atoms with E-state index in [1.54, 1.807) is 18.2 Å². The molecular formula is C19H22N4O4. The lowest BCUT2D eigenvalue weighted by Gasteiger charge is -2.27. The topological polar surface area (TPSA) is 108 Å². The highest BCUT2D eigenvalue weighted by atomic mass is 16.2. The maximum Gasteiger partial charge on any atom is 0.262 e. The van der Waals surface area contributed by atoms with Crippen LogP contribution in [0.15, 0.2) is 18.2 Å². The minimum absolute atomic E-state index is 0.115. The Balaban J connectivity index is 1.56. The molecule has 4 amide bonds. The van der Waals surface area contributed by atoms with Gasteiger partial charge in [-0.25, -0.2) is 0 Å². The van der Waals surface area contributed by atoms with E-state index in [0.29, 0.717) is 17.2 Å². The van der Waals surface area contributed by atoms with E-state index in [9.17, 15) is 19.2 Å². The molecule has 0 saturated carbocycles. The van der Waals surface area contributed by atoms with Gasteiger partial charge in [-0.2, -0.15) is 0 Å². The molecule has 2 saturated heterocycles. The molecule has 1 aromatic carbocycles. The van der Waals surface area contributed by atoms with Crippen LogP contribution < -0.4 is 16.0 Å². The van der Waals surface area contributed by atoms with Crippen LogP contribution in [0, 0.1) is 0 Å². The number of hydrogen-bond donors (Lipinski definition) is 3. The number of piperidine rings is 1. The molecule has 142 valence electrons. The average Bonchev–Trinajstić information content (AvgIpc) is 3.19. The fraction of sp³-hybridized carbons (Fsp3) is 0.474. The Morgan fingerprint density at radius 1 is 1.11 bits per heavy atom. The van der Waals surface area contributed by atoms with E-state index >= 15 is 0 Å². The van der Waals surface area contributed by atoms with Gasteiger partial charge >= 0.3 is 0 Å². The van der Waals surface area contributed by atoms with Gasteiger partial charge in [0.05, 0.1) is 11.1 Å². The number of amides is 4. The lowest BCUT2D eigenvalue weighted by molar-refractivity contribution is -0.136. The van der Waals surface area contributed by atoms with Crippen molar-refractivity contribution in [1.29, 1.82) is 0 Å². The third-order valence-corrected chi connectivity index (χ3v) is 5.58. The number of rotatable bonds is 4. The summed E-state index contributed by atoms with van der Waals surface area (Å²) in [5.41, 5.74) is 1.38. The number of nitrogens with one attached hydrogen (secondary N) is 3. The van der Waals surface area contributed by atoms with Gasteiger partial charge < -0.3 is 10.6 Å². The number of nitrogens with zero attached hydrogens (tertiary/aromatic N) is 1. The number of hydrogen-bond acceptors (Lipinski definition) is 6. The van der Waals surface area contributed by atoms with Crippen molar-refractivity contribution in [2.45, 2.75) is 50.7 Å². The van der Waals surface area contributed by atoms with Crippen molar-refractivity contribution in [2.24, 2.45) is 0 Å². The Hall–Kier alpha value is -2.74. The number of imide groups is 2. The smallest absolute Gasteiger partial charge is 0.262 e. The van der Waals surface area contributed by atoms with Gasteiger partial charge in [0, 0.05) is 24.2 Å². The van der Waals surface area contributed by atoms with Crippen molar-refractivity contribution < 1.29 is 19.2 Å². The highest BCUT2D eigenvalue weighted by Crippen LogP contribution is 2.30. The molecule has 0 bridgehead atoms. The van der Waals surface area contributed by atoms with Crippen molar-refractivity contribution in [2.75, 3.05) is 11.9 Å². The van der Waals surface area contributed by atoms with Crippen molar-refractivity contribution in [3.8, 4) is 0 Å². The first-order valence-electron chi connectivity index (χ1n) is 9.35. The van der Waals surface area contributed by atoms with E-state index in [4.69, 9.17) is 0 Å². The maximum absolute atomic E-state index is 12.8. The molecule has 0 spiro atoms. The van der Waals surface area contributed by atoms with Gasteiger partial charge in [0.15, 0.2) is 0 Å². The van der Waals surface area contributed by atoms with Crippen LogP contribution in [-0.4, -0.2) is 53.2 Å². The summed E-state index contributed by atoms with van der Waals surface area (Å²) in [5.74, 6) is -1.94. The van der Waals surface area contributed by atoms with Crippen LogP contribution in [0.5, 0.6) is 0 Å². The van der Waals surface area contributed by atoms with Crippen LogP contribution in [0.1, 0.15) is 53.3 Å². The average molecular weight is 370 g/mol. The Morgan fingerprint density at radius 2 is 1.89 bits per heavy atom. The summed E-state index contributed by atoms with van der Waals surface area (Å²) in [7, 11) is 0. The van der Waals surface area contributed by atoms with E-state index in [2.05, 4.69) is 22.9 Å². The van der Waals surface area contributed by atoms with Gasteiger partial charge in [0.2, 0.25) is 11.8 Å². The van der Waals surface area contributed by atoms with E-state index in [1.165, 1.54) is 0 Å². The second-order valence-electron chi connectivity index (χ2n) is 7.22. The van der Waals surface area contributed by atoms with Gasteiger partial charge in [-0.15, -0.1) is 0 Å². The predicted molar refractivity (Wildman–Crippen MR) is 97.2 cm³/mol. The van der Waals surface area contributed by atoms with Crippen LogP contribution in [0.4, 0.5) is 5.69 Å². The van der Waals surface area contributed by atoms with E-state index in [-0.39, 0.29) is 24.8 Å². The minimum Gasteiger partial charge on any atom is -0.381 e. The standard InChI is InChI=1S/C19H22N4O4/c1-2-13-14(7-8-20-13)21-10-3-4-11-12(9-10)19(27)23(18(11)26)15-5-6-16(24)22-17(15)25/h3-4,9,13-15,20-21H,2,5-8H2,1H3,(H,22,24,25)/t13-,14+,15?/m0/s1. The highest BCUT2D eigenvalue weighted by molar-refractivity contribution is 6.23. The Morgan fingerprint density at radius 3 is 2.63 bits per heavy atom. The number of anilines is 1. The van der Waals surface area contributed by atoms with Gasteiger partial charge in [-0.3, -0.25) is 29.4 Å². The van der Waals surface area contributed by atoms with Crippen molar-refractivity contribution >= 4 is 29.3 Å². The zero-order valence-electron chi connectivity index (χ0n) is 15.1. The first kappa shape index (κ1) is 17.7. The fourth-order valence-corrected chi connectivity index (χ4v) is 4.14. The van der Waals surface area contributed by atoms with Gasteiger partial charge in [-0.1, -0.05) is 6.92 Å². The molecule has 2 fully saturated rings. The molecule has 3 N–H and O–H groups in total. The summed E-state index contributed by atoms with van der Waals surface area (Å²) >= 11 is 0. The van der Waals surface area contributed by atoms with E-state index < -0.39 is 23.8 Å². The largest absolute Gasteiger partial charge is 0.381 e. The second-order valence-corrected chi connectivity index (χ2v) is 7.22. The first-order chi connectivity index (χ1) is 13.0. The summed E-state index contributed by atoms with van der Waals surface area (Å²) in [6, 6.07) is 4.82. The third kappa shape index (κ3) is 2.99. The van der Waals surface area contributed by atoms with Crippen LogP contribution >= 0.6 is 0 Å². The van der Waals surface area contributed by atoms with Crippen LogP contribution in [0.3, 0.4) is 0 Å². The SMILES string of the molecule is CC[C@@H]1NCC[C@H]1Nc1ccc2c(c1)C(=O)N(C1CCC(=O)NC1=O)C2=O. The van der Waals surface area contributed by atoms with Gasteiger partial charge in [0.25, 0.3) is 11.8 Å². The van der Waals surface area contributed by atoms with Crippen LogP contribution in [-0.2, 0) is 9.59 Å². The van der Waals surface area contributed by atoms with Crippen molar-refractivity contribution in [3.05, 3.63) is 29.3 Å². The van der Waals surface area contributed by atoms with E-state index in [1.807, 2.05) is 0 Å². The van der Waals surface area contributed by atoms with Crippen molar-refractivity contribution in [3.63, 3.8) is 0 Å². The maximum atomic E-state index is 12.8. The Kier molecular flexibility index (Phi) is 4.43. The fourth-order valence-electron chi connectivity index (χ4n) is 4.14. The summed E-state index contributed by atoms with van der Waals surface area (Å²) in [5, 5.41) is 9.09. The third-order valence-electron chi connectivity index (χ3n) is 5.58.